The molecule has 288 valence electrons. The summed E-state index contributed by atoms with van der Waals surface area (Å²) < 4.78 is 2.39. The van der Waals surface area contributed by atoms with E-state index in [1.54, 1.807) is 0 Å². The van der Waals surface area contributed by atoms with Crippen LogP contribution in [0.15, 0.2) is 236 Å². The van der Waals surface area contributed by atoms with Gasteiger partial charge in [0, 0.05) is 50.1 Å². The molecule has 0 aliphatic carbocycles. The van der Waals surface area contributed by atoms with E-state index in [0.717, 1.165) is 101 Å². The second-order valence-corrected chi connectivity index (χ2v) is 15.2. The minimum atomic E-state index is 0.772. The Morgan fingerprint density at radius 3 is 1.62 bits per heavy atom. The molecule has 10 aromatic rings. The standard InChI is InChI=1S/C56H39N5/c1-39-48-34-35-50-49-32-17-18-33-53(49)60(47-31-19-26-43(36-47)52-38-44(40-20-7-2-8-21-40)37-51(57-52)41-22-9-3-10-23-41)54(50)55(48)61(46-29-15-6-16-30-46)58-56(42-24-11-4-12-25-42)59(39)45-27-13-5-14-28-45/h2-38H,1H2. The fraction of sp³-hybridized carbons (Fsp3) is 0. The highest BCUT2D eigenvalue weighted by atomic mass is 15.5. The first-order valence-corrected chi connectivity index (χ1v) is 20.5. The smallest absolute Gasteiger partial charge is 0.165 e. The molecule has 0 N–H and O–H groups in total. The molecular formula is C56H39N5. The van der Waals surface area contributed by atoms with Crippen molar-refractivity contribution in [2.75, 3.05) is 9.91 Å². The molecule has 0 amide bonds. The number of hydrogen-bond donors (Lipinski definition) is 0. The molecule has 0 radical (unpaired) electrons. The number of anilines is 3. The second-order valence-electron chi connectivity index (χ2n) is 15.2. The van der Waals surface area contributed by atoms with E-state index in [4.69, 9.17) is 16.7 Å². The molecule has 5 nitrogen and oxygen atoms in total. The van der Waals surface area contributed by atoms with Crippen LogP contribution < -0.4 is 9.91 Å². The summed E-state index contributed by atoms with van der Waals surface area (Å²) in [5, 5.41) is 10.0. The summed E-state index contributed by atoms with van der Waals surface area (Å²) in [6, 6.07) is 78.5. The quantitative estimate of drug-likeness (QED) is 0.162. The third-order valence-corrected chi connectivity index (χ3v) is 11.5. The zero-order chi connectivity index (χ0) is 40.7. The molecule has 0 saturated carbocycles. The van der Waals surface area contributed by atoms with E-state index in [1.165, 1.54) is 0 Å². The average Bonchev–Trinajstić information content (AvgIpc) is 3.61. The van der Waals surface area contributed by atoms with Crippen molar-refractivity contribution in [3.63, 3.8) is 0 Å². The summed E-state index contributed by atoms with van der Waals surface area (Å²) in [5.74, 6) is 0.772. The monoisotopic (exact) mass is 781 g/mol. The Hall–Kier alpha value is -8.28. The number of para-hydroxylation sites is 3. The van der Waals surface area contributed by atoms with Gasteiger partial charge in [0.15, 0.2) is 5.84 Å². The highest BCUT2D eigenvalue weighted by Gasteiger charge is 2.32. The van der Waals surface area contributed by atoms with Gasteiger partial charge >= 0.3 is 0 Å². The Labute approximate surface area is 355 Å². The largest absolute Gasteiger partial charge is 0.307 e. The first kappa shape index (κ1) is 35.8. The molecule has 0 spiro atoms. The normalized spacial score (nSPS) is 12.7. The molecule has 0 saturated heterocycles. The summed E-state index contributed by atoms with van der Waals surface area (Å²) in [4.78, 5) is 7.50. The topological polar surface area (TPSA) is 36.7 Å². The third-order valence-electron chi connectivity index (χ3n) is 11.5. The first-order valence-electron chi connectivity index (χ1n) is 20.5. The number of hydrazone groups is 1. The van der Waals surface area contributed by atoms with Crippen LogP contribution in [0.4, 0.5) is 17.1 Å². The van der Waals surface area contributed by atoms with Crippen molar-refractivity contribution in [3.05, 3.63) is 242 Å². The Balaban J connectivity index is 1.19. The van der Waals surface area contributed by atoms with Crippen molar-refractivity contribution in [2.24, 2.45) is 5.10 Å². The van der Waals surface area contributed by atoms with E-state index < -0.39 is 0 Å². The molecular weight excluding hydrogens is 743 g/mol. The highest BCUT2D eigenvalue weighted by molar-refractivity contribution is 6.22. The number of hydrogen-bond acceptors (Lipinski definition) is 4. The molecule has 1 aliphatic heterocycles. The molecule has 61 heavy (non-hydrogen) atoms. The van der Waals surface area contributed by atoms with E-state index in [9.17, 15) is 0 Å². The van der Waals surface area contributed by atoms with Crippen molar-refractivity contribution in [3.8, 4) is 39.3 Å². The van der Waals surface area contributed by atoms with Crippen molar-refractivity contribution in [1.82, 2.24) is 9.55 Å². The van der Waals surface area contributed by atoms with Crippen LogP contribution in [0, 0.1) is 0 Å². The maximum atomic E-state index is 5.65. The first-order chi connectivity index (χ1) is 30.2. The summed E-state index contributed by atoms with van der Waals surface area (Å²) in [6.45, 7) is 4.86. The van der Waals surface area contributed by atoms with Gasteiger partial charge in [0.2, 0.25) is 0 Å². The van der Waals surface area contributed by atoms with E-state index in [0.29, 0.717) is 0 Å². The molecule has 1 aliphatic rings. The van der Waals surface area contributed by atoms with Crippen LogP contribution in [0.5, 0.6) is 0 Å². The molecule has 3 heterocycles. The van der Waals surface area contributed by atoms with Crippen molar-refractivity contribution in [1.29, 1.82) is 0 Å². The lowest BCUT2D eigenvalue weighted by atomic mass is 10.00. The molecule has 8 aromatic carbocycles. The fourth-order valence-corrected chi connectivity index (χ4v) is 8.62. The van der Waals surface area contributed by atoms with Gasteiger partial charge in [-0.15, -0.1) is 5.10 Å². The summed E-state index contributed by atoms with van der Waals surface area (Å²) in [5.41, 5.74) is 14.9. The van der Waals surface area contributed by atoms with Crippen LogP contribution in [0.3, 0.4) is 0 Å². The third kappa shape index (κ3) is 6.37. The lowest BCUT2D eigenvalue weighted by Gasteiger charge is -2.27. The van der Waals surface area contributed by atoms with Gasteiger partial charge in [-0.1, -0.05) is 170 Å². The van der Waals surface area contributed by atoms with E-state index in [1.807, 2.05) is 24.3 Å². The number of rotatable bonds is 7. The number of benzene rings is 8. The SMILES string of the molecule is C=C1c2ccc3c4ccccc4n(-c4cccc(-c5cc(-c6ccccc6)cc(-c6ccccc6)n5)c4)c3c2N(c2ccccc2)N=C(c2ccccc2)N1c1ccccc1. The van der Waals surface area contributed by atoms with Crippen molar-refractivity contribution >= 4 is 50.4 Å². The Bertz CT molecular complexity index is 3190. The van der Waals surface area contributed by atoms with Crippen LogP contribution in [0.25, 0.3) is 66.8 Å². The van der Waals surface area contributed by atoms with E-state index in [-0.39, 0.29) is 0 Å². The van der Waals surface area contributed by atoms with Gasteiger partial charge in [-0.3, -0.25) is 4.90 Å². The van der Waals surface area contributed by atoms with Crippen molar-refractivity contribution in [2.45, 2.75) is 0 Å². The number of pyridine rings is 1. The number of fused-ring (bicyclic) bond motifs is 5. The molecule has 0 unspecified atom stereocenters. The lowest BCUT2D eigenvalue weighted by Crippen LogP contribution is -2.30. The minimum Gasteiger partial charge on any atom is -0.307 e. The Kier molecular flexibility index (Phi) is 8.90. The van der Waals surface area contributed by atoms with Gasteiger partial charge in [-0.2, -0.15) is 0 Å². The van der Waals surface area contributed by atoms with Gasteiger partial charge in [-0.25, -0.2) is 9.99 Å². The highest BCUT2D eigenvalue weighted by Crippen LogP contribution is 2.47. The van der Waals surface area contributed by atoms with Gasteiger partial charge in [0.25, 0.3) is 0 Å². The molecule has 0 atom stereocenters. The van der Waals surface area contributed by atoms with Crippen LogP contribution >= 0.6 is 0 Å². The van der Waals surface area contributed by atoms with Crippen LogP contribution in [0.2, 0.25) is 0 Å². The zero-order valence-corrected chi connectivity index (χ0v) is 33.3. The van der Waals surface area contributed by atoms with Crippen molar-refractivity contribution < 1.29 is 0 Å². The van der Waals surface area contributed by atoms with Crippen LogP contribution in [-0.4, -0.2) is 15.4 Å². The number of amidine groups is 1. The Morgan fingerprint density at radius 2 is 0.934 bits per heavy atom. The summed E-state index contributed by atoms with van der Waals surface area (Å²) in [6.07, 6.45) is 0. The van der Waals surface area contributed by atoms with Crippen LogP contribution in [0.1, 0.15) is 11.1 Å². The minimum absolute atomic E-state index is 0.772. The lowest BCUT2D eigenvalue weighted by molar-refractivity contribution is 1.07. The van der Waals surface area contributed by atoms with Crippen LogP contribution in [-0.2, 0) is 0 Å². The molecule has 0 bridgehead atoms. The number of aromatic nitrogens is 2. The zero-order valence-electron chi connectivity index (χ0n) is 33.3. The molecule has 11 rings (SSSR count). The maximum Gasteiger partial charge on any atom is 0.165 e. The number of nitrogens with zero attached hydrogens (tertiary/aromatic N) is 5. The second kappa shape index (κ2) is 15.1. The molecule has 0 fully saturated rings. The van der Waals surface area contributed by atoms with Gasteiger partial charge in [0.05, 0.1) is 33.8 Å². The Morgan fingerprint density at radius 1 is 0.393 bits per heavy atom. The van der Waals surface area contributed by atoms with E-state index in [2.05, 4.69) is 215 Å². The molecule has 2 aromatic heterocycles. The fourth-order valence-electron chi connectivity index (χ4n) is 8.62. The predicted octanol–water partition coefficient (Wildman–Crippen LogP) is 14.2. The predicted molar refractivity (Wildman–Crippen MR) is 254 cm³/mol. The average molecular weight is 782 g/mol. The van der Waals surface area contributed by atoms with E-state index >= 15 is 0 Å². The van der Waals surface area contributed by atoms with Gasteiger partial charge in [-0.05, 0) is 71.8 Å². The van der Waals surface area contributed by atoms with Gasteiger partial charge in [0.1, 0.15) is 0 Å². The maximum absolute atomic E-state index is 5.65. The molecule has 5 heteroatoms. The van der Waals surface area contributed by atoms with Gasteiger partial charge < -0.3 is 4.57 Å². The summed E-state index contributed by atoms with van der Waals surface area (Å²) in [7, 11) is 0. The summed E-state index contributed by atoms with van der Waals surface area (Å²) >= 11 is 0.